The lowest BCUT2D eigenvalue weighted by Crippen LogP contribution is -2.32. The van der Waals surface area contributed by atoms with Crippen molar-refractivity contribution in [3.63, 3.8) is 0 Å². The van der Waals surface area contributed by atoms with Gasteiger partial charge in [-0.1, -0.05) is 12.8 Å². The molecular weight excluding hydrogens is 256 g/mol. The van der Waals surface area contributed by atoms with E-state index in [0.717, 1.165) is 12.8 Å². The number of methoxy groups -OCH3 is 2. The van der Waals surface area contributed by atoms with Crippen molar-refractivity contribution >= 4 is 11.6 Å². The molecule has 0 bridgehead atoms. The van der Waals surface area contributed by atoms with Gasteiger partial charge in [0.05, 0.1) is 20.3 Å². The van der Waals surface area contributed by atoms with Crippen LogP contribution in [0.25, 0.3) is 0 Å². The molecule has 1 amide bonds. The average molecular weight is 274 g/mol. The SMILES string of the molecule is COc1ccc(NC(=O)C2(C#N)CCCC2)cc1OC. The Bertz CT molecular complexity index is 543. The number of nitrogens with one attached hydrogen (secondary N) is 1. The van der Waals surface area contributed by atoms with Gasteiger partial charge in [-0.3, -0.25) is 4.79 Å². The van der Waals surface area contributed by atoms with Gasteiger partial charge in [0.15, 0.2) is 11.5 Å². The van der Waals surface area contributed by atoms with Crippen molar-refractivity contribution in [2.24, 2.45) is 5.41 Å². The number of carbonyl (C=O) groups is 1. The Balaban J connectivity index is 2.18. The maximum absolute atomic E-state index is 12.3. The Morgan fingerprint density at radius 1 is 1.25 bits per heavy atom. The first kappa shape index (κ1) is 14.2. The van der Waals surface area contributed by atoms with Crippen LogP contribution in [0.4, 0.5) is 5.69 Å². The zero-order valence-electron chi connectivity index (χ0n) is 11.7. The second kappa shape index (κ2) is 5.83. The molecule has 2 rings (SSSR count). The van der Waals surface area contributed by atoms with Gasteiger partial charge in [-0.2, -0.15) is 5.26 Å². The molecule has 1 aromatic rings. The number of amides is 1. The van der Waals surface area contributed by atoms with E-state index in [2.05, 4.69) is 11.4 Å². The van der Waals surface area contributed by atoms with Crippen molar-refractivity contribution < 1.29 is 14.3 Å². The van der Waals surface area contributed by atoms with Crippen molar-refractivity contribution in [2.45, 2.75) is 25.7 Å². The first-order chi connectivity index (χ1) is 9.65. The van der Waals surface area contributed by atoms with E-state index >= 15 is 0 Å². The number of carbonyl (C=O) groups excluding carboxylic acids is 1. The lowest BCUT2D eigenvalue weighted by Gasteiger charge is -2.19. The number of ether oxygens (including phenoxy) is 2. The summed E-state index contributed by atoms with van der Waals surface area (Å²) in [7, 11) is 3.09. The quantitative estimate of drug-likeness (QED) is 0.916. The summed E-state index contributed by atoms with van der Waals surface area (Å²) in [6.07, 6.45) is 3.10. The van der Waals surface area contributed by atoms with Gasteiger partial charge in [-0.15, -0.1) is 0 Å². The minimum absolute atomic E-state index is 0.232. The fraction of sp³-hybridized carbons (Fsp3) is 0.467. The van der Waals surface area contributed by atoms with E-state index in [-0.39, 0.29) is 5.91 Å². The summed E-state index contributed by atoms with van der Waals surface area (Å²) in [6, 6.07) is 7.33. The molecule has 1 aromatic carbocycles. The predicted octanol–water partition coefficient (Wildman–Crippen LogP) is 2.73. The Morgan fingerprint density at radius 2 is 1.90 bits per heavy atom. The molecule has 106 valence electrons. The average Bonchev–Trinajstić information content (AvgIpc) is 2.97. The number of benzene rings is 1. The number of anilines is 1. The summed E-state index contributed by atoms with van der Waals surface area (Å²) in [6.45, 7) is 0. The van der Waals surface area contributed by atoms with Crippen LogP contribution in [0.1, 0.15) is 25.7 Å². The molecule has 0 heterocycles. The Morgan fingerprint density at radius 3 is 2.45 bits per heavy atom. The molecule has 1 aliphatic rings. The fourth-order valence-electron chi connectivity index (χ4n) is 2.53. The molecule has 1 saturated carbocycles. The van der Waals surface area contributed by atoms with Gasteiger partial charge in [0.1, 0.15) is 5.41 Å². The Hall–Kier alpha value is -2.22. The molecule has 0 spiro atoms. The topological polar surface area (TPSA) is 71.3 Å². The number of nitriles is 1. The summed E-state index contributed by atoms with van der Waals surface area (Å²) in [5.41, 5.74) is -0.276. The van der Waals surface area contributed by atoms with Gasteiger partial charge < -0.3 is 14.8 Å². The van der Waals surface area contributed by atoms with Crippen molar-refractivity contribution in [2.75, 3.05) is 19.5 Å². The van der Waals surface area contributed by atoms with Crippen molar-refractivity contribution in [3.8, 4) is 17.6 Å². The second-order valence-electron chi connectivity index (χ2n) is 4.92. The molecule has 0 aromatic heterocycles. The van der Waals surface area contributed by atoms with E-state index < -0.39 is 5.41 Å². The molecular formula is C15H18N2O3. The first-order valence-electron chi connectivity index (χ1n) is 6.60. The molecule has 20 heavy (non-hydrogen) atoms. The van der Waals surface area contributed by atoms with Crippen LogP contribution < -0.4 is 14.8 Å². The largest absolute Gasteiger partial charge is 0.493 e. The summed E-state index contributed by atoms with van der Waals surface area (Å²) < 4.78 is 10.3. The molecule has 0 saturated heterocycles. The molecule has 1 N–H and O–H groups in total. The van der Waals surface area contributed by atoms with Crippen LogP contribution in [0.5, 0.6) is 11.5 Å². The molecule has 5 nitrogen and oxygen atoms in total. The highest BCUT2D eigenvalue weighted by Crippen LogP contribution is 2.39. The first-order valence-corrected chi connectivity index (χ1v) is 6.60. The molecule has 1 aliphatic carbocycles. The molecule has 0 aliphatic heterocycles. The van der Waals surface area contributed by atoms with E-state index in [1.807, 2.05) is 0 Å². The van der Waals surface area contributed by atoms with Gasteiger partial charge in [0, 0.05) is 11.8 Å². The van der Waals surface area contributed by atoms with Crippen molar-refractivity contribution in [1.29, 1.82) is 5.26 Å². The lowest BCUT2D eigenvalue weighted by atomic mass is 9.87. The van der Waals surface area contributed by atoms with Crippen LogP contribution in [-0.4, -0.2) is 20.1 Å². The Kier molecular flexibility index (Phi) is 4.14. The summed E-state index contributed by atoms with van der Waals surface area (Å²) in [5, 5.41) is 12.1. The normalized spacial score (nSPS) is 16.2. The summed E-state index contributed by atoms with van der Waals surface area (Å²) in [5.74, 6) is 0.911. The lowest BCUT2D eigenvalue weighted by molar-refractivity contribution is -0.122. The number of rotatable bonds is 4. The molecule has 0 radical (unpaired) electrons. The predicted molar refractivity (Wildman–Crippen MR) is 74.7 cm³/mol. The van der Waals surface area contributed by atoms with E-state index in [4.69, 9.17) is 9.47 Å². The van der Waals surface area contributed by atoms with Gasteiger partial charge in [-0.05, 0) is 25.0 Å². The van der Waals surface area contributed by atoms with Crippen molar-refractivity contribution in [3.05, 3.63) is 18.2 Å². The molecule has 0 unspecified atom stereocenters. The maximum Gasteiger partial charge on any atom is 0.244 e. The summed E-state index contributed by atoms with van der Waals surface area (Å²) in [4.78, 5) is 12.3. The maximum atomic E-state index is 12.3. The van der Waals surface area contributed by atoms with E-state index in [9.17, 15) is 10.1 Å². The third-order valence-electron chi connectivity index (χ3n) is 3.75. The minimum atomic E-state index is -0.882. The number of hydrogen-bond acceptors (Lipinski definition) is 4. The molecule has 1 fully saturated rings. The van der Waals surface area contributed by atoms with Gasteiger partial charge in [-0.25, -0.2) is 0 Å². The molecule has 5 heteroatoms. The third kappa shape index (κ3) is 2.55. The summed E-state index contributed by atoms with van der Waals surface area (Å²) >= 11 is 0. The van der Waals surface area contributed by atoms with E-state index in [1.54, 1.807) is 25.3 Å². The highest BCUT2D eigenvalue weighted by Gasteiger charge is 2.41. The van der Waals surface area contributed by atoms with E-state index in [0.29, 0.717) is 30.0 Å². The van der Waals surface area contributed by atoms with Gasteiger partial charge >= 0.3 is 0 Å². The zero-order chi connectivity index (χ0) is 14.6. The number of hydrogen-bond donors (Lipinski definition) is 1. The van der Waals surface area contributed by atoms with Crippen LogP contribution in [0.3, 0.4) is 0 Å². The van der Waals surface area contributed by atoms with Gasteiger partial charge in [0.2, 0.25) is 5.91 Å². The third-order valence-corrected chi connectivity index (χ3v) is 3.75. The number of nitrogens with zero attached hydrogens (tertiary/aromatic N) is 1. The Labute approximate surface area is 118 Å². The standard InChI is InChI=1S/C15H18N2O3/c1-19-12-6-5-11(9-13(12)20-2)17-14(18)15(10-16)7-3-4-8-15/h5-6,9H,3-4,7-8H2,1-2H3,(H,17,18). The van der Waals surface area contributed by atoms with E-state index in [1.165, 1.54) is 7.11 Å². The van der Waals surface area contributed by atoms with Crippen LogP contribution in [0.15, 0.2) is 18.2 Å². The van der Waals surface area contributed by atoms with Crippen LogP contribution in [0.2, 0.25) is 0 Å². The van der Waals surface area contributed by atoms with Crippen LogP contribution in [0, 0.1) is 16.7 Å². The highest BCUT2D eigenvalue weighted by atomic mass is 16.5. The smallest absolute Gasteiger partial charge is 0.244 e. The minimum Gasteiger partial charge on any atom is -0.493 e. The van der Waals surface area contributed by atoms with Crippen LogP contribution >= 0.6 is 0 Å². The zero-order valence-corrected chi connectivity index (χ0v) is 11.7. The second-order valence-corrected chi connectivity index (χ2v) is 4.92. The monoisotopic (exact) mass is 274 g/mol. The van der Waals surface area contributed by atoms with Crippen molar-refractivity contribution in [1.82, 2.24) is 0 Å². The highest BCUT2D eigenvalue weighted by molar-refractivity contribution is 5.97. The van der Waals surface area contributed by atoms with Crippen LogP contribution in [-0.2, 0) is 4.79 Å². The molecule has 0 atom stereocenters. The van der Waals surface area contributed by atoms with Gasteiger partial charge in [0.25, 0.3) is 0 Å². The fourth-order valence-corrected chi connectivity index (χ4v) is 2.53.